The summed E-state index contributed by atoms with van der Waals surface area (Å²) >= 11 is 0. The Morgan fingerprint density at radius 1 is 1.17 bits per heavy atom. The van der Waals surface area contributed by atoms with Gasteiger partial charge in [0.25, 0.3) is 0 Å². The number of amides is 1. The predicted molar refractivity (Wildman–Crippen MR) is 95.2 cm³/mol. The molecule has 1 aliphatic rings. The lowest BCUT2D eigenvalue weighted by atomic mass is 9.91. The smallest absolute Gasteiger partial charge is 0.217 e. The van der Waals surface area contributed by atoms with Gasteiger partial charge in [0.2, 0.25) is 5.91 Å². The van der Waals surface area contributed by atoms with Crippen molar-refractivity contribution in [3.63, 3.8) is 0 Å². The first-order valence-electron chi connectivity index (χ1n) is 8.64. The molecule has 0 bridgehead atoms. The van der Waals surface area contributed by atoms with Crippen LogP contribution in [0.25, 0.3) is 0 Å². The van der Waals surface area contributed by atoms with Gasteiger partial charge in [-0.05, 0) is 56.0 Å². The van der Waals surface area contributed by atoms with Crippen molar-refractivity contribution in [2.75, 3.05) is 19.3 Å². The maximum absolute atomic E-state index is 11.5. The average molecular weight is 353 g/mol. The standard InChI is InChI=1S/C18H28N2O3S/c1-24(22,23)17-8-6-16(7-9-17)14-20-12-10-15(11-13-20)4-2-3-5-18(19)21/h6-9,15H,2-5,10-14H2,1H3,(H2,19,21). The van der Waals surface area contributed by atoms with Crippen molar-refractivity contribution < 1.29 is 13.2 Å². The minimum Gasteiger partial charge on any atom is -0.370 e. The van der Waals surface area contributed by atoms with Crippen molar-refractivity contribution in [2.45, 2.75) is 50.0 Å². The summed E-state index contributed by atoms with van der Waals surface area (Å²) in [4.78, 5) is 13.5. The van der Waals surface area contributed by atoms with Crippen molar-refractivity contribution in [3.8, 4) is 0 Å². The van der Waals surface area contributed by atoms with Gasteiger partial charge in [0.1, 0.15) is 0 Å². The SMILES string of the molecule is CS(=O)(=O)c1ccc(CN2CCC(CCCCC(N)=O)CC2)cc1. The summed E-state index contributed by atoms with van der Waals surface area (Å²) in [7, 11) is -3.12. The van der Waals surface area contributed by atoms with E-state index in [0.717, 1.165) is 44.0 Å². The van der Waals surface area contributed by atoms with Gasteiger partial charge >= 0.3 is 0 Å². The number of primary amides is 1. The molecule has 24 heavy (non-hydrogen) atoms. The third kappa shape index (κ3) is 6.24. The van der Waals surface area contributed by atoms with Crippen molar-refractivity contribution in [3.05, 3.63) is 29.8 Å². The molecule has 0 atom stereocenters. The van der Waals surface area contributed by atoms with E-state index in [9.17, 15) is 13.2 Å². The van der Waals surface area contributed by atoms with E-state index >= 15 is 0 Å². The van der Waals surface area contributed by atoms with Gasteiger partial charge in [0, 0.05) is 19.2 Å². The molecule has 0 saturated carbocycles. The number of unbranched alkanes of at least 4 members (excludes halogenated alkanes) is 1. The Kier molecular flexibility index (Phi) is 6.80. The first-order chi connectivity index (χ1) is 11.3. The second-order valence-electron chi connectivity index (χ2n) is 6.85. The summed E-state index contributed by atoms with van der Waals surface area (Å²) in [6, 6.07) is 7.20. The lowest BCUT2D eigenvalue weighted by Crippen LogP contribution is -2.33. The van der Waals surface area contributed by atoms with Crippen molar-refractivity contribution in [1.29, 1.82) is 0 Å². The molecule has 134 valence electrons. The fourth-order valence-corrected chi connectivity index (χ4v) is 3.90. The third-order valence-electron chi connectivity index (χ3n) is 4.75. The van der Waals surface area contributed by atoms with E-state index in [0.29, 0.717) is 11.3 Å². The molecule has 1 fully saturated rings. The molecule has 0 aliphatic carbocycles. The van der Waals surface area contributed by atoms with Gasteiger partial charge in [-0.25, -0.2) is 8.42 Å². The van der Waals surface area contributed by atoms with E-state index in [1.807, 2.05) is 12.1 Å². The van der Waals surface area contributed by atoms with Gasteiger partial charge in [0.15, 0.2) is 9.84 Å². The zero-order valence-electron chi connectivity index (χ0n) is 14.4. The summed E-state index contributed by atoms with van der Waals surface area (Å²) in [5.74, 6) is 0.549. The number of likely N-dealkylation sites (tertiary alicyclic amines) is 1. The molecule has 0 radical (unpaired) electrons. The Labute approximate surface area is 145 Å². The molecule has 1 amide bonds. The van der Waals surface area contributed by atoms with E-state index in [2.05, 4.69) is 4.90 Å². The lowest BCUT2D eigenvalue weighted by Gasteiger charge is -2.32. The highest BCUT2D eigenvalue weighted by atomic mass is 32.2. The number of carbonyl (C=O) groups excluding carboxylic acids is 1. The average Bonchev–Trinajstić information content (AvgIpc) is 2.52. The Morgan fingerprint density at radius 2 is 1.79 bits per heavy atom. The Balaban J connectivity index is 1.72. The summed E-state index contributed by atoms with van der Waals surface area (Å²) in [6.45, 7) is 3.03. The van der Waals surface area contributed by atoms with E-state index in [4.69, 9.17) is 5.73 Å². The topological polar surface area (TPSA) is 80.5 Å². The van der Waals surface area contributed by atoms with Gasteiger partial charge in [-0.15, -0.1) is 0 Å². The second kappa shape index (κ2) is 8.62. The van der Waals surface area contributed by atoms with Crippen LogP contribution in [-0.2, 0) is 21.2 Å². The molecule has 1 saturated heterocycles. The molecule has 0 aromatic heterocycles. The molecule has 2 N–H and O–H groups in total. The van der Waals surface area contributed by atoms with Crippen LogP contribution in [0, 0.1) is 5.92 Å². The minimum atomic E-state index is -3.12. The Hall–Kier alpha value is -1.40. The van der Waals surface area contributed by atoms with E-state index in [1.54, 1.807) is 12.1 Å². The summed E-state index contributed by atoms with van der Waals surface area (Å²) in [5.41, 5.74) is 6.31. The van der Waals surface area contributed by atoms with Gasteiger partial charge in [0.05, 0.1) is 4.90 Å². The first-order valence-corrected chi connectivity index (χ1v) is 10.5. The summed E-state index contributed by atoms with van der Waals surface area (Å²) in [5, 5.41) is 0. The van der Waals surface area contributed by atoms with Crippen LogP contribution in [0.4, 0.5) is 0 Å². The zero-order chi connectivity index (χ0) is 17.6. The molecule has 2 rings (SSSR count). The number of rotatable bonds is 8. The quantitative estimate of drug-likeness (QED) is 0.728. The maximum Gasteiger partial charge on any atom is 0.217 e. The number of nitrogens with zero attached hydrogens (tertiary/aromatic N) is 1. The molecular weight excluding hydrogens is 324 g/mol. The Morgan fingerprint density at radius 3 is 2.33 bits per heavy atom. The highest BCUT2D eigenvalue weighted by Gasteiger charge is 2.19. The largest absolute Gasteiger partial charge is 0.370 e. The number of hydrogen-bond donors (Lipinski definition) is 1. The molecule has 0 spiro atoms. The molecule has 1 heterocycles. The van der Waals surface area contributed by atoms with Crippen LogP contribution in [0.15, 0.2) is 29.2 Å². The van der Waals surface area contributed by atoms with Crippen molar-refractivity contribution >= 4 is 15.7 Å². The van der Waals surface area contributed by atoms with Gasteiger partial charge < -0.3 is 5.73 Å². The van der Waals surface area contributed by atoms with Gasteiger partial charge in [-0.1, -0.05) is 25.0 Å². The normalized spacial score (nSPS) is 17.0. The molecule has 6 heteroatoms. The van der Waals surface area contributed by atoms with Gasteiger partial charge in [-0.3, -0.25) is 9.69 Å². The zero-order valence-corrected chi connectivity index (χ0v) is 15.2. The fraction of sp³-hybridized carbons (Fsp3) is 0.611. The molecule has 0 unspecified atom stereocenters. The monoisotopic (exact) mass is 352 g/mol. The number of sulfone groups is 1. The number of carbonyl (C=O) groups is 1. The molecule has 5 nitrogen and oxygen atoms in total. The minimum absolute atomic E-state index is 0.202. The number of benzene rings is 1. The number of hydrogen-bond acceptors (Lipinski definition) is 4. The number of piperidine rings is 1. The third-order valence-corrected chi connectivity index (χ3v) is 5.88. The highest BCUT2D eigenvalue weighted by Crippen LogP contribution is 2.24. The first kappa shape index (κ1) is 18.9. The summed E-state index contributed by atoms with van der Waals surface area (Å²) < 4.78 is 23.0. The van der Waals surface area contributed by atoms with E-state index in [1.165, 1.54) is 25.5 Å². The van der Waals surface area contributed by atoms with E-state index < -0.39 is 9.84 Å². The van der Waals surface area contributed by atoms with Crippen LogP contribution in [0.5, 0.6) is 0 Å². The molecule has 1 aromatic carbocycles. The molecular formula is C18H28N2O3S. The van der Waals surface area contributed by atoms with Gasteiger partial charge in [-0.2, -0.15) is 0 Å². The Bertz CT molecular complexity index is 633. The second-order valence-corrected chi connectivity index (χ2v) is 8.86. The summed E-state index contributed by atoms with van der Waals surface area (Å²) in [6.07, 6.45) is 7.29. The predicted octanol–water partition coefficient (Wildman–Crippen LogP) is 2.35. The fourth-order valence-electron chi connectivity index (χ4n) is 3.27. The van der Waals surface area contributed by atoms with Crippen LogP contribution < -0.4 is 5.73 Å². The van der Waals surface area contributed by atoms with Crippen LogP contribution in [0.2, 0.25) is 0 Å². The van der Waals surface area contributed by atoms with E-state index in [-0.39, 0.29) is 5.91 Å². The molecule has 1 aliphatic heterocycles. The van der Waals surface area contributed by atoms with Crippen LogP contribution in [0.3, 0.4) is 0 Å². The molecule has 1 aromatic rings. The van der Waals surface area contributed by atoms with Crippen LogP contribution in [0.1, 0.15) is 44.1 Å². The lowest BCUT2D eigenvalue weighted by molar-refractivity contribution is -0.118. The maximum atomic E-state index is 11.5. The van der Waals surface area contributed by atoms with Crippen molar-refractivity contribution in [1.82, 2.24) is 4.90 Å². The highest BCUT2D eigenvalue weighted by molar-refractivity contribution is 7.90. The van der Waals surface area contributed by atoms with Crippen LogP contribution >= 0.6 is 0 Å². The number of nitrogens with two attached hydrogens (primary N) is 1. The van der Waals surface area contributed by atoms with Crippen molar-refractivity contribution in [2.24, 2.45) is 11.7 Å². The van der Waals surface area contributed by atoms with Crippen LogP contribution in [-0.4, -0.2) is 38.6 Å².